The van der Waals surface area contributed by atoms with E-state index in [0.717, 1.165) is 15.6 Å². The molecule has 0 spiro atoms. The van der Waals surface area contributed by atoms with E-state index in [1.807, 2.05) is 13.0 Å². The van der Waals surface area contributed by atoms with Gasteiger partial charge in [-0.1, -0.05) is 29.3 Å². The molecule has 0 bridgehead atoms. The third kappa shape index (κ3) is 4.75. The topological polar surface area (TPSA) is 75.7 Å². The van der Waals surface area contributed by atoms with E-state index in [1.165, 1.54) is 22.8 Å². The molecule has 4 rings (SSSR count). The number of hydrogen-bond donors (Lipinski definition) is 1. The smallest absolute Gasteiger partial charge is 0.265 e. The monoisotopic (exact) mass is 514 g/mol. The molecule has 1 heterocycles. The molecule has 176 valence electrons. The first-order valence-electron chi connectivity index (χ1n) is 10.5. The number of thiophene rings is 1. The predicted molar refractivity (Wildman–Crippen MR) is 139 cm³/mol. The Morgan fingerprint density at radius 2 is 1.79 bits per heavy atom. The fourth-order valence-electron chi connectivity index (χ4n) is 3.56. The zero-order chi connectivity index (χ0) is 24.5. The van der Waals surface area contributed by atoms with E-state index < -0.39 is 10.0 Å². The minimum absolute atomic E-state index is 0.239. The Kier molecular flexibility index (Phi) is 6.84. The number of carbonyl (C=O) groups is 1. The number of benzene rings is 3. The molecule has 0 aliphatic heterocycles. The SMILES string of the molecule is CCN(c1ccc2sc(C(=O)Nc3ccc(OC)c(Cl)c3)cc2c1)S(=O)(=O)c1ccc(C)cc1. The average Bonchev–Trinajstić information content (AvgIpc) is 3.24. The van der Waals surface area contributed by atoms with Crippen molar-refractivity contribution in [2.24, 2.45) is 0 Å². The van der Waals surface area contributed by atoms with E-state index in [0.29, 0.717) is 27.0 Å². The van der Waals surface area contributed by atoms with E-state index in [1.54, 1.807) is 67.6 Å². The van der Waals surface area contributed by atoms with E-state index in [2.05, 4.69) is 5.32 Å². The first-order valence-corrected chi connectivity index (χ1v) is 13.1. The van der Waals surface area contributed by atoms with Crippen LogP contribution in [-0.2, 0) is 10.0 Å². The quantitative estimate of drug-likeness (QED) is 0.312. The van der Waals surface area contributed by atoms with Crippen LogP contribution in [0.3, 0.4) is 0 Å². The molecule has 6 nitrogen and oxygen atoms in total. The lowest BCUT2D eigenvalue weighted by Crippen LogP contribution is -2.30. The van der Waals surface area contributed by atoms with Crippen molar-refractivity contribution in [3.8, 4) is 5.75 Å². The zero-order valence-corrected chi connectivity index (χ0v) is 21.2. The van der Waals surface area contributed by atoms with Crippen molar-refractivity contribution in [1.82, 2.24) is 0 Å². The minimum Gasteiger partial charge on any atom is -0.495 e. The Bertz CT molecular complexity index is 1460. The Balaban J connectivity index is 1.61. The summed E-state index contributed by atoms with van der Waals surface area (Å²) in [4.78, 5) is 13.6. The second kappa shape index (κ2) is 9.66. The number of amides is 1. The predicted octanol–water partition coefficient (Wildman–Crippen LogP) is 6.34. The van der Waals surface area contributed by atoms with Gasteiger partial charge in [-0.15, -0.1) is 11.3 Å². The Hall–Kier alpha value is -3.07. The number of anilines is 2. The molecule has 0 aliphatic rings. The van der Waals surface area contributed by atoms with E-state index in [9.17, 15) is 13.2 Å². The highest BCUT2D eigenvalue weighted by Crippen LogP contribution is 2.33. The standard InChI is InChI=1S/C25H23ClN2O4S2/c1-4-28(34(30,31)20-9-5-16(2)6-10-20)19-8-12-23-17(13-19)14-24(33-23)25(29)27-18-7-11-22(32-3)21(26)15-18/h5-15H,4H2,1-3H3,(H,27,29). The minimum atomic E-state index is -3.71. The van der Waals surface area contributed by atoms with Crippen molar-refractivity contribution in [2.45, 2.75) is 18.7 Å². The van der Waals surface area contributed by atoms with Crippen molar-refractivity contribution in [3.63, 3.8) is 0 Å². The number of methoxy groups -OCH3 is 1. The van der Waals surface area contributed by atoms with Crippen LogP contribution < -0.4 is 14.4 Å². The van der Waals surface area contributed by atoms with Crippen LogP contribution in [0.25, 0.3) is 10.1 Å². The van der Waals surface area contributed by atoms with Gasteiger partial charge in [0.1, 0.15) is 5.75 Å². The largest absolute Gasteiger partial charge is 0.495 e. The number of halogens is 1. The second-order valence-electron chi connectivity index (χ2n) is 7.62. The third-order valence-electron chi connectivity index (χ3n) is 5.32. The van der Waals surface area contributed by atoms with Crippen molar-refractivity contribution >= 4 is 60.3 Å². The number of rotatable bonds is 7. The Labute approximate surface area is 207 Å². The van der Waals surface area contributed by atoms with Gasteiger partial charge in [0.2, 0.25) is 0 Å². The molecule has 1 aromatic heterocycles. The second-order valence-corrected chi connectivity index (χ2v) is 11.0. The summed E-state index contributed by atoms with van der Waals surface area (Å²) < 4.78 is 33.9. The number of nitrogens with zero attached hydrogens (tertiary/aromatic N) is 1. The van der Waals surface area contributed by atoms with Crippen LogP contribution in [0.5, 0.6) is 5.75 Å². The molecule has 9 heteroatoms. The Morgan fingerprint density at radius 1 is 1.06 bits per heavy atom. The lowest BCUT2D eigenvalue weighted by molar-refractivity contribution is 0.103. The molecule has 1 amide bonds. The molecule has 34 heavy (non-hydrogen) atoms. The molecule has 0 fully saturated rings. The van der Waals surface area contributed by atoms with Crippen molar-refractivity contribution in [2.75, 3.05) is 23.3 Å². The first kappa shape index (κ1) is 24.1. The number of sulfonamides is 1. The van der Waals surface area contributed by atoms with Crippen LogP contribution in [0.4, 0.5) is 11.4 Å². The maximum absolute atomic E-state index is 13.2. The van der Waals surface area contributed by atoms with Crippen LogP contribution in [0, 0.1) is 6.92 Å². The molecule has 0 radical (unpaired) electrons. The molecule has 0 saturated carbocycles. The number of carbonyl (C=O) groups excluding carboxylic acids is 1. The highest BCUT2D eigenvalue weighted by Gasteiger charge is 2.24. The van der Waals surface area contributed by atoms with Gasteiger partial charge in [0, 0.05) is 16.9 Å². The number of nitrogens with one attached hydrogen (secondary N) is 1. The highest BCUT2D eigenvalue weighted by molar-refractivity contribution is 7.92. The van der Waals surface area contributed by atoms with E-state index in [4.69, 9.17) is 16.3 Å². The van der Waals surface area contributed by atoms with Crippen molar-refractivity contribution in [3.05, 3.63) is 82.2 Å². The lowest BCUT2D eigenvalue weighted by atomic mass is 10.2. The summed E-state index contributed by atoms with van der Waals surface area (Å²) in [7, 11) is -2.19. The van der Waals surface area contributed by atoms with Gasteiger partial charge in [-0.05, 0) is 73.8 Å². The maximum atomic E-state index is 13.2. The number of hydrogen-bond acceptors (Lipinski definition) is 5. The van der Waals surface area contributed by atoms with Gasteiger partial charge in [0.15, 0.2) is 0 Å². The number of ether oxygens (including phenoxy) is 1. The van der Waals surface area contributed by atoms with Gasteiger partial charge >= 0.3 is 0 Å². The normalized spacial score (nSPS) is 11.4. The molecular weight excluding hydrogens is 492 g/mol. The highest BCUT2D eigenvalue weighted by atomic mass is 35.5. The van der Waals surface area contributed by atoms with Gasteiger partial charge in [-0.3, -0.25) is 9.10 Å². The summed E-state index contributed by atoms with van der Waals surface area (Å²) in [5, 5.41) is 4.02. The van der Waals surface area contributed by atoms with E-state index in [-0.39, 0.29) is 17.3 Å². The summed E-state index contributed by atoms with van der Waals surface area (Å²) in [5.74, 6) is 0.249. The number of aryl methyl sites for hydroxylation is 1. The molecular formula is C25H23ClN2O4S2. The van der Waals surface area contributed by atoms with Crippen LogP contribution >= 0.6 is 22.9 Å². The fourth-order valence-corrected chi connectivity index (χ4v) is 6.22. The lowest BCUT2D eigenvalue weighted by Gasteiger charge is -2.23. The van der Waals surface area contributed by atoms with Crippen LogP contribution in [0.15, 0.2) is 71.6 Å². The summed E-state index contributed by atoms with van der Waals surface area (Å²) in [6.45, 7) is 3.98. The van der Waals surface area contributed by atoms with Gasteiger partial charge < -0.3 is 10.1 Å². The van der Waals surface area contributed by atoms with Crippen LogP contribution in [0.1, 0.15) is 22.2 Å². The molecule has 4 aromatic rings. The first-order chi connectivity index (χ1) is 16.2. The summed E-state index contributed by atoms with van der Waals surface area (Å²) in [6, 6.07) is 19.0. The Morgan fingerprint density at radius 3 is 2.44 bits per heavy atom. The molecule has 0 unspecified atom stereocenters. The fraction of sp³-hybridized carbons (Fsp3) is 0.160. The summed E-state index contributed by atoms with van der Waals surface area (Å²) in [6.07, 6.45) is 0. The van der Waals surface area contributed by atoms with Crippen LogP contribution in [0.2, 0.25) is 5.02 Å². The molecule has 0 saturated heterocycles. The van der Waals surface area contributed by atoms with Crippen molar-refractivity contribution in [1.29, 1.82) is 0 Å². The van der Waals surface area contributed by atoms with Crippen LogP contribution in [-0.4, -0.2) is 28.0 Å². The van der Waals surface area contributed by atoms with Gasteiger partial charge in [-0.2, -0.15) is 0 Å². The molecule has 3 aromatic carbocycles. The molecule has 1 N–H and O–H groups in total. The van der Waals surface area contributed by atoms with Gasteiger partial charge in [-0.25, -0.2) is 8.42 Å². The summed E-state index contributed by atoms with van der Waals surface area (Å²) in [5.41, 5.74) is 2.09. The summed E-state index contributed by atoms with van der Waals surface area (Å²) >= 11 is 7.48. The average molecular weight is 515 g/mol. The van der Waals surface area contributed by atoms with Crippen molar-refractivity contribution < 1.29 is 17.9 Å². The van der Waals surface area contributed by atoms with Gasteiger partial charge in [0.05, 0.1) is 27.6 Å². The van der Waals surface area contributed by atoms with E-state index >= 15 is 0 Å². The van der Waals surface area contributed by atoms with Gasteiger partial charge in [0.25, 0.3) is 15.9 Å². The number of fused-ring (bicyclic) bond motifs is 1. The molecule has 0 atom stereocenters. The zero-order valence-electron chi connectivity index (χ0n) is 18.8. The molecule has 0 aliphatic carbocycles. The maximum Gasteiger partial charge on any atom is 0.265 e. The third-order valence-corrected chi connectivity index (χ3v) is 8.64.